The number of urea groups is 1. The largest absolute Gasteiger partial charge is 0.354 e. The van der Waals surface area contributed by atoms with Crippen LogP contribution in [0.4, 0.5) is 21.9 Å². The third kappa shape index (κ3) is 5.43. The lowest BCUT2D eigenvalue weighted by Gasteiger charge is -2.17. The van der Waals surface area contributed by atoms with Crippen molar-refractivity contribution in [3.8, 4) is 0 Å². The number of nitrogens with one attached hydrogen (secondary N) is 4. The SMILES string of the molecule is O=C1NC(=O)/C(=C\c2ccc(N/C(=C3\C(=O)Nc4ccc([N+](=O)[O-])cc43)c3ccc(CN4CCCC4)cc3)cc2)N1. The molecule has 11 heteroatoms. The summed E-state index contributed by atoms with van der Waals surface area (Å²) in [6.07, 6.45) is 3.97. The van der Waals surface area contributed by atoms with Crippen molar-refractivity contribution < 1.29 is 19.3 Å². The standard InChI is InChI=1S/C30H26N6O5/c37-28-25(33-30(39)34-28)15-18-5-9-21(10-6-18)31-27(20-7-3-19(4-8-20)17-35-13-1-2-14-35)26-23-16-22(36(40)41)11-12-24(23)32-29(26)38/h3-12,15-16,31H,1-2,13-14,17H2,(H,32,38)(H2,33,34,37,39)/b25-15+,27-26-. The van der Waals surface area contributed by atoms with Crippen LogP contribution in [0.15, 0.2) is 72.4 Å². The monoisotopic (exact) mass is 550 g/mol. The summed E-state index contributed by atoms with van der Waals surface area (Å²) in [4.78, 5) is 49.9. The summed E-state index contributed by atoms with van der Waals surface area (Å²) in [6, 6.07) is 18.8. The van der Waals surface area contributed by atoms with Gasteiger partial charge in [-0.3, -0.25) is 29.9 Å². The maximum atomic E-state index is 13.3. The first-order chi connectivity index (χ1) is 19.8. The number of nitro benzene ring substituents is 1. The van der Waals surface area contributed by atoms with Crippen LogP contribution in [-0.2, 0) is 16.1 Å². The molecule has 0 unspecified atom stereocenters. The number of benzene rings is 3. The van der Waals surface area contributed by atoms with Gasteiger partial charge in [-0.1, -0.05) is 36.4 Å². The van der Waals surface area contributed by atoms with Crippen molar-refractivity contribution in [3.05, 3.63) is 105 Å². The summed E-state index contributed by atoms with van der Waals surface area (Å²) < 4.78 is 0. The van der Waals surface area contributed by atoms with E-state index in [9.17, 15) is 24.5 Å². The fourth-order valence-corrected chi connectivity index (χ4v) is 5.23. The summed E-state index contributed by atoms with van der Waals surface area (Å²) in [5.74, 6) is -0.870. The molecule has 3 aromatic rings. The normalized spacial score (nSPS) is 18.6. The van der Waals surface area contributed by atoms with Gasteiger partial charge in [0.1, 0.15) is 5.70 Å². The molecule has 2 saturated heterocycles. The van der Waals surface area contributed by atoms with Gasteiger partial charge in [-0.2, -0.15) is 0 Å². The Morgan fingerprint density at radius 3 is 2.29 bits per heavy atom. The molecule has 0 bridgehead atoms. The minimum Gasteiger partial charge on any atom is -0.354 e. The molecule has 0 atom stereocenters. The van der Waals surface area contributed by atoms with Crippen molar-refractivity contribution >= 4 is 52.3 Å². The van der Waals surface area contributed by atoms with E-state index in [4.69, 9.17) is 0 Å². The molecule has 3 heterocycles. The molecule has 3 aliphatic heterocycles. The molecule has 0 aliphatic carbocycles. The molecule has 3 aliphatic rings. The number of nitrogens with zero attached hydrogens (tertiary/aromatic N) is 2. The second-order valence-corrected chi connectivity index (χ2v) is 10.1. The second kappa shape index (κ2) is 10.7. The summed E-state index contributed by atoms with van der Waals surface area (Å²) in [6.45, 7) is 3.01. The van der Waals surface area contributed by atoms with Crippen LogP contribution in [0.1, 0.15) is 35.1 Å². The predicted octanol–water partition coefficient (Wildman–Crippen LogP) is 4.30. The van der Waals surface area contributed by atoms with Crippen LogP contribution in [0.5, 0.6) is 0 Å². The zero-order chi connectivity index (χ0) is 28.5. The Bertz CT molecular complexity index is 1640. The van der Waals surface area contributed by atoms with Crippen LogP contribution in [0.25, 0.3) is 17.3 Å². The lowest BCUT2D eigenvalue weighted by atomic mass is 9.98. The van der Waals surface area contributed by atoms with Gasteiger partial charge < -0.3 is 16.0 Å². The Balaban J connectivity index is 1.37. The summed E-state index contributed by atoms with van der Waals surface area (Å²) in [7, 11) is 0. The van der Waals surface area contributed by atoms with Crippen molar-refractivity contribution in [2.24, 2.45) is 0 Å². The highest BCUT2D eigenvalue weighted by atomic mass is 16.6. The van der Waals surface area contributed by atoms with E-state index in [1.165, 1.54) is 31.0 Å². The molecule has 206 valence electrons. The first-order valence-electron chi connectivity index (χ1n) is 13.2. The first kappa shape index (κ1) is 26.0. The number of likely N-dealkylation sites (tertiary alicyclic amines) is 1. The molecule has 0 saturated carbocycles. The number of nitro groups is 1. The van der Waals surface area contributed by atoms with Gasteiger partial charge >= 0.3 is 6.03 Å². The zero-order valence-corrected chi connectivity index (χ0v) is 21.9. The van der Waals surface area contributed by atoms with E-state index in [0.717, 1.165) is 30.8 Å². The minimum absolute atomic E-state index is 0.113. The molecule has 6 rings (SSSR count). The van der Waals surface area contributed by atoms with E-state index in [-0.39, 0.29) is 17.3 Å². The van der Waals surface area contributed by atoms with Crippen molar-refractivity contribution in [1.82, 2.24) is 15.5 Å². The number of anilines is 2. The minimum atomic E-state index is -0.572. The number of imide groups is 1. The number of amides is 4. The molecule has 0 spiro atoms. The molecular formula is C30H26N6O5. The van der Waals surface area contributed by atoms with Gasteiger partial charge in [-0.05, 0) is 66.9 Å². The van der Waals surface area contributed by atoms with E-state index in [2.05, 4.69) is 26.2 Å². The van der Waals surface area contributed by atoms with Crippen LogP contribution in [0.2, 0.25) is 0 Å². The first-order valence-corrected chi connectivity index (χ1v) is 13.2. The maximum absolute atomic E-state index is 13.3. The second-order valence-electron chi connectivity index (χ2n) is 10.1. The van der Waals surface area contributed by atoms with Crippen molar-refractivity contribution in [2.45, 2.75) is 19.4 Å². The molecule has 3 aromatic carbocycles. The van der Waals surface area contributed by atoms with Gasteiger partial charge in [0.05, 0.1) is 16.2 Å². The van der Waals surface area contributed by atoms with E-state index in [1.54, 1.807) is 30.3 Å². The number of rotatable bonds is 7. The maximum Gasteiger partial charge on any atom is 0.326 e. The molecule has 4 amide bonds. The Morgan fingerprint density at radius 2 is 1.63 bits per heavy atom. The Morgan fingerprint density at radius 1 is 0.902 bits per heavy atom. The number of non-ortho nitro benzene ring substituents is 1. The topological polar surface area (TPSA) is 146 Å². The Hall–Kier alpha value is -5.29. The summed E-state index contributed by atoms with van der Waals surface area (Å²) >= 11 is 0. The van der Waals surface area contributed by atoms with Gasteiger partial charge in [0, 0.05) is 35.6 Å². The lowest BCUT2D eigenvalue weighted by Crippen LogP contribution is -2.22. The summed E-state index contributed by atoms with van der Waals surface area (Å²) in [5, 5.41) is 22.3. The predicted molar refractivity (Wildman–Crippen MR) is 154 cm³/mol. The van der Waals surface area contributed by atoms with Gasteiger partial charge in [0.15, 0.2) is 0 Å². The number of carbonyl (C=O) groups is 3. The van der Waals surface area contributed by atoms with E-state index < -0.39 is 16.9 Å². The quantitative estimate of drug-likeness (QED) is 0.148. The smallest absolute Gasteiger partial charge is 0.326 e. The third-order valence-electron chi connectivity index (χ3n) is 7.27. The van der Waals surface area contributed by atoms with Gasteiger partial charge in [0.2, 0.25) is 0 Å². The summed E-state index contributed by atoms with van der Waals surface area (Å²) in [5.41, 5.74) is 5.02. The highest BCUT2D eigenvalue weighted by Crippen LogP contribution is 2.39. The van der Waals surface area contributed by atoms with Gasteiger partial charge in [-0.15, -0.1) is 0 Å². The zero-order valence-electron chi connectivity index (χ0n) is 21.9. The Labute approximate surface area is 235 Å². The average molecular weight is 551 g/mol. The lowest BCUT2D eigenvalue weighted by molar-refractivity contribution is -0.384. The average Bonchev–Trinajstić information content (AvgIpc) is 3.67. The fourth-order valence-electron chi connectivity index (χ4n) is 5.23. The van der Waals surface area contributed by atoms with E-state index in [1.807, 2.05) is 24.3 Å². The van der Waals surface area contributed by atoms with Crippen molar-refractivity contribution in [1.29, 1.82) is 0 Å². The van der Waals surface area contributed by atoms with Crippen LogP contribution >= 0.6 is 0 Å². The van der Waals surface area contributed by atoms with Gasteiger partial charge in [-0.25, -0.2) is 4.79 Å². The van der Waals surface area contributed by atoms with E-state index in [0.29, 0.717) is 33.8 Å². The van der Waals surface area contributed by atoms with Crippen molar-refractivity contribution in [2.75, 3.05) is 23.7 Å². The molecular weight excluding hydrogens is 524 g/mol. The van der Waals surface area contributed by atoms with Crippen LogP contribution in [0, 0.1) is 10.1 Å². The van der Waals surface area contributed by atoms with Crippen LogP contribution in [0.3, 0.4) is 0 Å². The fraction of sp³-hybridized carbons (Fsp3) is 0.167. The van der Waals surface area contributed by atoms with Gasteiger partial charge in [0.25, 0.3) is 17.5 Å². The Kier molecular flexibility index (Phi) is 6.78. The van der Waals surface area contributed by atoms with Crippen molar-refractivity contribution in [3.63, 3.8) is 0 Å². The van der Waals surface area contributed by atoms with Crippen LogP contribution in [-0.4, -0.2) is 40.8 Å². The highest BCUT2D eigenvalue weighted by Gasteiger charge is 2.30. The number of hydrogen-bond donors (Lipinski definition) is 4. The molecule has 0 aromatic heterocycles. The number of carbonyl (C=O) groups excluding carboxylic acids is 3. The van der Waals surface area contributed by atoms with Crippen LogP contribution < -0.4 is 21.3 Å². The molecule has 4 N–H and O–H groups in total. The molecule has 2 fully saturated rings. The molecule has 11 nitrogen and oxygen atoms in total. The highest BCUT2D eigenvalue weighted by molar-refractivity contribution is 6.37. The third-order valence-corrected chi connectivity index (χ3v) is 7.27. The molecule has 0 radical (unpaired) electrons. The number of hydrogen-bond acceptors (Lipinski definition) is 7. The van der Waals surface area contributed by atoms with E-state index >= 15 is 0 Å². The molecule has 41 heavy (non-hydrogen) atoms. The number of fused-ring (bicyclic) bond motifs is 1.